The van der Waals surface area contributed by atoms with Crippen molar-refractivity contribution >= 4 is 5.91 Å². The van der Waals surface area contributed by atoms with Gasteiger partial charge in [-0.3, -0.25) is 4.79 Å². The summed E-state index contributed by atoms with van der Waals surface area (Å²) in [5.41, 5.74) is 1.96. The van der Waals surface area contributed by atoms with E-state index in [0.29, 0.717) is 6.54 Å². The van der Waals surface area contributed by atoms with Crippen molar-refractivity contribution < 1.29 is 9.21 Å². The van der Waals surface area contributed by atoms with Gasteiger partial charge in [-0.25, -0.2) is 0 Å². The Morgan fingerprint density at radius 1 is 1.26 bits per heavy atom. The predicted molar refractivity (Wildman–Crippen MR) is 88.4 cm³/mol. The second-order valence-corrected chi connectivity index (χ2v) is 6.83. The van der Waals surface area contributed by atoms with E-state index in [1.54, 1.807) is 12.5 Å². The van der Waals surface area contributed by atoms with E-state index in [1.807, 2.05) is 29.2 Å². The van der Waals surface area contributed by atoms with Crippen LogP contribution in [0.1, 0.15) is 36.9 Å². The minimum Gasteiger partial charge on any atom is -0.472 e. The lowest BCUT2D eigenvalue weighted by atomic mass is 9.70. The molecular weight excluding hydrogens is 286 g/mol. The summed E-state index contributed by atoms with van der Waals surface area (Å²) in [7, 11) is 0. The van der Waals surface area contributed by atoms with Gasteiger partial charge in [-0.05, 0) is 24.5 Å². The maximum Gasteiger partial charge on any atom is 0.230 e. The third-order valence-electron chi connectivity index (χ3n) is 5.42. The van der Waals surface area contributed by atoms with Gasteiger partial charge in [-0.15, -0.1) is 0 Å². The quantitative estimate of drug-likeness (QED) is 0.791. The summed E-state index contributed by atoms with van der Waals surface area (Å²) in [5.74, 6) is 0.479. The topological polar surface area (TPSA) is 33.5 Å². The molecule has 1 aliphatic carbocycles. The predicted octanol–water partition coefficient (Wildman–Crippen LogP) is 4.34. The molecule has 3 nitrogen and oxygen atoms in total. The fourth-order valence-electron chi connectivity index (χ4n) is 4.14. The largest absolute Gasteiger partial charge is 0.472 e. The van der Waals surface area contributed by atoms with Crippen LogP contribution in [0.4, 0.5) is 0 Å². The first-order valence-corrected chi connectivity index (χ1v) is 8.24. The second kappa shape index (κ2) is 5.41. The van der Waals surface area contributed by atoms with Crippen LogP contribution in [0.25, 0.3) is 0 Å². The highest BCUT2D eigenvalue weighted by molar-refractivity contribution is 5.86. The van der Waals surface area contributed by atoms with Crippen LogP contribution in [0, 0.1) is 11.3 Å². The van der Waals surface area contributed by atoms with Crippen LogP contribution in [0.3, 0.4) is 0 Å². The molecular formula is C20H21NO2. The van der Waals surface area contributed by atoms with E-state index < -0.39 is 0 Å². The van der Waals surface area contributed by atoms with Gasteiger partial charge < -0.3 is 9.32 Å². The van der Waals surface area contributed by atoms with E-state index >= 15 is 0 Å². The van der Waals surface area contributed by atoms with Gasteiger partial charge in [-0.2, -0.15) is 0 Å². The highest BCUT2D eigenvalue weighted by atomic mass is 16.3. The Balaban J connectivity index is 1.76. The molecule has 2 aromatic rings. The van der Waals surface area contributed by atoms with Gasteiger partial charge in [-0.1, -0.05) is 49.4 Å². The zero-order valence-electron chi connectivity index (χ0n) is 13.3. The molecule has 1 amide bonds. The number of rotatable bonds is 3. The second-order valence-electron chi connectivity index (χ2n) is 6.83. The highest BCUT2D eigenvalue weighted by Gasteiger charge is 2.56. The van der Waals surface area contributed by atoms with Crippen molar-refractivity contribution in [1.82, 2.24) is 4.90 Å². The van der Waals surface area contributed by atoms with Crippen LogP contribution < -0.4 is 0 Å². The van der Waals surface area contributed by atoms with E-state index in [4.69, 9.17) is 4.42 Å². The maximum atomic E-state index is 13.2. The molecule has 0 unspecified atom stereocenters. The number of hydrogen-bond donors (Lipinski definition) is 0. The smallest absolute Gasteiger partial charge is 0.230 e. The van der Waals surface area contributed by atoms with Gasteiger partial charge in [0.25, 0.3) is 0 Å². The molecule has 3 atom stereocenters. The number of furan rings is 1. The average Bonchev–Trinajstić information content (AvgIpc) is 3.16. The van der Waals surface area contributed by atoms with Gasteiger partial charge in [0, 0.05) is 18.0 Å². The number of carbonyl (C=O) groups excluding carboxylic acids is 1. The lowest BCUT2D eigenvalue weighted by Crippen LogP contribution is -2.34. The minimum absolute atomic E-state index is 0.0583. The number of likely N-dealkylation sites (tertiary alicyclic amines) is 1. The third-order valence-corrected chi connectivity index (χ3v) is 5.42. The van der Waals surface area contributed by atoms with E-state index in [2.05, 4.69) is 31.2 Å². The van der Waals surface area contributed by atoms with Crippen LogP contribution in [0.5, 0.6) is 0 Å². The molecule has 1 saturated heterocycles. The van der Waals surface area contributed by atoms with Crippen LogP contribution in [0.2, 0.25) is 0 Å². The van der Waals surface area contributed by atoms with Gasteiger partial charge >= 0.3 is 0 Å². The van der Waals surface area contributed by atoms with Crippen molar-refractivity contribution in [3.05, 3.63) is 72.2 Å². The average molecular weight is 307 g/mol. The Labute approximate surface area is 136 Å². The summed E-state index contributed by atoms with van der Waals surface area (Å²) in [5, 5.41) is 0. The summed E-state index contributed by atoms with van der Waals surface area (Å²) in [6, 6.07) is 12.3. The van der Waals surface area contributed by atoms with Gasteiger partial charge in [0.1, 0.15) is 0 Å². The van der Waals surface area contributed by atoms with Gasteiger partial charge in [0.05, 0.1) is 24.0 Å². The zero-order valence-corrected chi connectivity index (χ0v) is 13.3. The SMILES string of the molecule is C[C@@]12CCC=C[C@H]1[C@H](c1ccoc1)N(Cc1ccccc1)C2=O. The Hall–Kier alpha value is -2.29. The molecule has 1 fully saturated rings. The Kier molecular flexibility index (Phi) is 3.37. The minimum atomic E-state index is -0.300. The van der Waals surface area contributed by atoms with E-state index in [0.717, 1.165) is 18.4 Å². The van der Waals surface area contributed by atoms with Crippen LogP contribution >= 0.6 is 0 Å². The molecule has 4 rings (SSSR count). The summed E-state index contributed by atoms with van der Waals surface area (Å²) >= 11 is 0. The van der Waals surface area contributed by atoms with E-state index in [1.165, 1.54) is 5.56 Å². The molecule has 3 heteroatoms. The highest BCUT2D eigenvalue weighted by Crippen LogP contribution is 2.54. The molecule has 23 heavy (non-hydrogen) atoms. The number of benzene rings is 1. The first kappa shape index (κ1) is 14.3. The van der Waals surface area contributed by atoms with Crippen molar-refractivity contribution in [1.29, 1.82) is 0 Å². The maximum absolute atomic E-state index is 13.2. The lowest BCUT2D eigenvalue weighted by Gasteiger charge is -2.31. The summed E-state index contributed by atoms with van der Waals surface area (Å²) in [6.45, 7) is 2.77. The molecule has 2 heterocycles. The molecule has 0 bridgehead atoms. The lowest BCUT2D eigenvalue weighted by molar-refractivity contribution is -0.137. The number of allylic oxidation sites excluding steroid dienone is 1. The van der Waals surface area contributed by atoms with E-state index in [-0.39, 0.29) is 23.3 Å². The van der Waals surface area contributed by atoms with Gasteiger partial charge in [0.15, 0.2) is 0 Å². The third kappa shape index (κ3) is 2.23. The molecule has 1 aliphatic heterocycles. The summed E-state index contributed by atoms with van der Waals surface area (Å²) in [6.07, 6.45) is 9.85. The van der Waals surface area contributed by atoms with Crippen molar-refractivity contribution in [3.63, 3.8) is 0 Å². The number of nitrogens with zero attached hydrogens (tertiary/aromatic N) is 1. The van der Waals surface area contributed by atoms with Crippen molar-refractivity contribution in [2.24, 2.45) is 11.3 Å². The first-order valence-electron chi connectivity index (χ1n) is 8.24. The normalized spacial score (nSPS) is 29.8. The van der Waals surface area contributed by atoms with Crippen molar-refractivity contribution in [2.45, 2.75) is 32.4 Å². The monoisotopic (exact) mass is 307 g/mol. The number of hydrogen-bond acceptors (Lipinski definition) is 2. The number of fused-ring (bicyclic) bond motifs is 1. The van der Waals surface area contributed by atoms with E-state index in [9.17, 15) is 4.79 Å². The van der Waals surface area contributed by atoms with Crippen LogP contribution in [-0.4, -0.2) is 10.8 Å². The molecule has 0 spiro atoms. The van der Waals surface area contributed by atoms with Gasteiger partial charge in [0.2, 0.25) is 5.91 Å². The molecule has 118 valence electrons. The molecule has 2 aliphatic rings. The number of amides is 1. The molecule has 0 N–H and O–H groups in total. The molecule has 1 aromatic carbocycles. The standard InChI is InChI=1S/C20H21NO2/c1-20-11-6-5-9-17(20)18(16-10-12-23-14-16)21(19(20)22)13-15-7-3-2-4-8-15/h2-5,7-10,12,14,17-18H,6,11,13H2,1H3/t17-,18-,20+/m0/s1. The number of carbonyl (C=O) groups is 1. The van der Waals surface area contributed by atoms with Crippen LogP contribution in [-0.2, 0) is 11.3 Å². The molecule has 1 aromatic heterocycles. The fraction of sp³-hybridized carbons (Fsp3) is 0.350. The molecule has 0 saturated carbocycles. The Morgan fingerprint density at radius 3 is 2.83 bits per heavy atom. The fourth-order valence-corrected chi connectivity index (χ4v) is 4.14. The Bertz CT molecular complexity index is 719. The summed E-state index contributed by atoms with van der Waals surface area (Å²) < 4.78 is 5.31. The first-order chi connectivity index (χ1) is 11.2. The summed E-state index contributed by atoms with van der Waals surface area (Å²) in [4.78, 5) is 15.3. The Morgan fingerprint density at radius 2 is 2.09 bits per heavy atom. The molecule has 0 radical (unpaired) electrons. The van der Waals surface area contributed by atoms with Crippen molar-refractivity contribution in [3.8, 4) is 0 Å². The van der Waals surface area contributed by atoms with Crippen LogP contribution in [0.15, 0.2) is 65.5 Å². The zero-order chi connectivity index (χ0) is 15.9. The van der Waals surface area contributed by atoms with Crippen molar-refractivity contribution in [2.75, 3.05) is 0 Å².